The molecule has 2 aromatic rings. The Morgan fingerprint density at radius 2 is 2.18 bits per heavy atom. The summed E-state index contributed by atoms with van der Waals surface area (Å²) in [5, 5.41) is 3.76. The van der Waals surface area contributed by atoms with Gasteiger partial charge in [0.25, 0.3) is 10.0 Å². The van der Waals surface area contributed by atoms with Crippen LogP contribution in [0.1, 0.15) is 0 Å². The topological polar surface area (TPSA) is 98.0 Å². The van der Waals surface area contributed by atoms with Crippen molar-refractivity contribution in [3.8, 4) is 0 Å². The summed E-state index contributed by atoms with van der Waals surface area (Å²) in [5.74, 6) is -0.664. The van der Waals surface area contributed by atoms with Crippen LogP contribution in [0.15, 0.2) is 29.3 Å². The van der Waals surface area contributed by atoms with Crippen LogP contribution < -0.4 is 10.5 Å². The number of anilines is 2. The number of nitrogens with two attached hydrogens (primary N) is 1. The lowest BCUT2D eigenvalue weighted by molar-refractivity contribution is 0.600. The highest BCUT2D eigenvalue weighted by Gasteiger charge is 2.16. The van der Waals surface area contributed by atoms with E-state index in [0.29, 0.717) is 0 Å². The second-order valence-corrected chi connectivity index (χ2v) is 5.54. The second kappa shape index (κ2) is 4.26. The summed E-state index contributed by atoms with van der Waals surface area (Å²) in [5.41, 5.74) is 5.07. The summed E-state index contributed by atoms with van der Waals surface area (Å²) in [6, 6.07) is 3.17. The van der Waals surface area contributed by atoms with Crippen molar-refractivity contribution in [1.29, 1.82) is 0 Å². The maximum atomic E-state index is 12.9. The number of aromatic nitrogens is 2. The molecule has 0 unspecified atom stereocenters. The fourth-order valence-electron chi connectivity index (χ4n) is 1.09. The lowest BCUT2D eigenvalue weighted by Crippen LogP contribution is -2.12. The lowest BCUT2D eigenvalue weighted by atomic mass is 10.3. The molecule has 0 aliphatic rings. The Hall–Kier alpha value is -1.74. The molecule has 0 amide bonds. The minimum Gasteiger partial charge on any atom is -0.396 e. The first kappa shape index (κ1) is 11.7. The van der Waals surface area contributed by atoms with Gasteiger partial charge in [-0.1, -0.05) is 4.49 Å². The summed E-state index contributed by atoms with van der Waals surface area (Å²) in [4.78, 5) is -0.121. The van der Waals surface area contributed by atoms with Crippen molar-refractivity contribution >= 4 is 32.2 Å². The smallest absolute Gasteiger partial charge is 0.262 e. The van der Waals surface area contributed by atoms with Gasteiger partial charge in [0.05, 0.1) is 16.8 Å². The fourth-order valence-corrected chi connectivity index (χ4v) is 2.81. The molecule has 0 saturated carbocycles. The van der Waals surface area contributed by atoms with Gasteiger partial charge in [-0.3, -0.25) is 4.72 Å². The van der Waals surface area contributed by atoms with E-state index >= 15 is 0 Å². The molecule has 6 nitrogen and oxygen atoms in total. The summed E-state index contributed by atoms with van der Waals surface area (Å²) in [6.07, 6.45) is 1.27. The minimum absolute atomic E-state index is 0.121. The zero-order valence-corrected chi connectivity index (χ0v) is 9.93. The zero-order chi connectivity index (χ0) is 12.5. The number of nitrogens with one attached hydrogen (secondary N) is 1. The molecular weight excluding hydrogens is 267 g/mol. The van der Waals surface area contributed by atoms with E-state index in [0.717, 1.165) is 29.7 Å². The van der Waals surface area contributed by atoms with E-state index < -0.39 is 15.8 Å². The maximum absolute atomic E-state index is 12.9. The number of hydrogen-bond acceptors (Lipinski definition) is 6. The summed E-state index contributed by atoms with van der Waals surface area (Å²) in [7, 11) is -3.79. The number of sulfonamides is 1. The normalized spacial score (nSPS) is 11.4. The predicted octanol–water partition coefficient (Wildman–Crippen LogP) is 1.06. The predicted molar refractivity (Wildman–Crippen MR) is 61.5 cm³/mol. The molecule has 0 atom stereocenters. The van der Waals surface area contributed by atoms with Crippen LogP contribution in [0, 0.1) is 5.82 Å². The highest BCUT2D eigenvalue weighted by molar-refractivity contribution is 7.93. The first-order valence-corrected chi connectivity index (χ1v) is 6.60. The van der Waals surface area contributed by atoms with Gasteiger partial charge in [-0.15, -0.1) is 5.10 Å². The Bertz CT molecular complexity index is 627. The molecule has 0 bridgehead atoms. The minimum atomic E-state index is -3.79. The Kier molecular flexibility index (Phi) is 2.94. The van der Waals surface area contributed by atoms with E-state index in [4.69, 9.17) is 5.73 Å². The highest BCUT2D eigenvalue weighted by Crippen LogP contribution is 2.20. The van der Waals surface area contributed by atoms with Crippen molar-refractivity contribution in [2.75, 3.05) is 10.5 Å². The molecule has 1 aromatic heterocycles. The number of rotatable bonds is 3. The number of halogens is 1. The molecular formula is C8H7FN4O2S2. The van der Waals surface area contributed by atoms with Gasteiger partial charge < -0.3 is 5.73 Å². The van der Waals surface area contributed by atoms with Gasteiger partial charge in [-0.05, 0) is 18.2 Å². The van der Waals surface area contributed by atoms with Gasteiger partial charge in [0.15, 0.2) is 0 Å². The average Bonchev–Trinajstić information content (AvgIpc) is 2.73. The largest absolute Gasteiger partial charge is 0.396 e. The van der Waals surface area contributed by atoms with E-state index in [1.165, 1.54) is 6.20 Å². The number of nitrogen functional groups attached to an aromatic ring is 1. The van der Waals surface area contributed by atoms with Crippen LogP contribution in [0.3, 0.4) is 0 Å². The zero-order valence-electron chi connectivity index (χ0n) is 8.29. The van der Waals surface area contributed by atoms with E-state index in [1.807, 2.05) is 0 Å². The van der Waals surface area contributed by atoms with E-state index in [-0.39, 0.29) is 15.6 Å². The number of nitrogens with zero attached hydrogens (tertiary/aromatic N) is 2. The van der Waals surface area contributed by atoms with Crippen LogP contribution in [0.4, 0.5) is 15.1 Å². The molecule has 0 radical (unpaired) electrons. The Morgan fingerprint density at radius 1 is 1.41 bits per heavy atom. The standard InChI is InChI=1S/C8H7FN4O2S2/c9-6-2-1-5(3-7(6)10)17(14,15)12-8-4-11-13-16-8/h1-4,12H,10H2. The first-order valence-electron chi connectivity index (χ1n) is 4.34. The third-order valence-corrected chi connectivity index (χ3v) is 3.95. The van der Waals surface area contributed by atoms with Crippen molar-refractivity contribution in [3.63, 3.8) is 0 Å². The maximum Gasteiger partial charge on any atom is 0.262 e. The van der Waals surface area contributed by atoms with Gasteiger partial charge in [-0.25, -0.2) is 12.8 Å². The van der Waals surface area contributed by atoms with Gasteiger partial charge in [0.1, 0.15) is 10.8 Å². The van der Waals surface area contributed by atoms with Crippen LogP contribution in [-0.4, -0.2) is 18.0 Å². The second-order valence-electron chi connectivity index (χ2n) is 3.07. The highest BCUT2D eigenvalue weighted by atomic mass is 32.2. The van der Waals surface area contributed by atoms with E-state index in [1.54, 1.807) is 0 Å². The van der Waals surface area contributed by atoms with Crippen LogP contribution in [0.25, 0.3) is 0 Å². The van der Waals surface area contributed by atoms with Gasteiger partial charge >= 0.3 is 0 Å². The van der Waals surface area contributed by atoms with Crippen LogP contribution in [0.2, 0.25) is 0 Å². The molecule has 0 aliphatic heterocycles. The number of hydrogen-bond donors (Lipinski definition) is 2. The summed E-state index contributed by atoms with van der Waals surface area (Å²) in [6.45, 7) is 0. The lowest BCUT2D eigenvalue weighted by Gasteiger charge is -2.06. The molecule has 0 saturated heterocycles. The fraction of sp³-hybridized carbons (Fsp3) is 0. The Balaban J connectivity index is 2.35. The molecule has 1 heterocycles. The summed E-state index contributed by atoms with van der Waals surface area (Å²) >= 11 is 0.895. The molecule has 9 heteroatoms. The van der Waals surface area contributed by atoms with Crippen molar-refractivity contribution < 1.29 is 12.8 Å². The third-order valence-electron chi connectivity index (χ3n) is 1.87. The van der Waals surface area contributed by atoms with Crippen molar-refractivity contribution in [2.24, 2.45) is 0 Å². The van der Waals surface area contributed by atoms with Gasteiger partial charge in [0, 0.05) is 11.5 Å². The monoisotopic (exact) mass is 274 g/mol. The van der Waals surface area contributed by atoms with Crippen LogP contribution >= 0.6 is 11.5 Å². The molecule has 17 heavy (non-hydrogen) atoms. The summed E-state index contributed by atoms with van der Waals surface area (Å²) < 4.78 is 42.3. The number of benzene rings is 1. The van der Waals surface area contributed by atoms with Crippen molar-refractivity contribution in [1.82, 2.24) is 9.59 Å². The Morgan fingerprint density at radius 3 is 2.76 bits per heavy atom. The Labute approximate surface area is 100 Å². The van der Waals surface area contributed by atoms with Gasteiger partial charge in [-0.2, -0.15) is 0 Å². The van der Waals surface area contributed by atoms with Gasteiger partial charge in [0.2, 0.25) is 0 Å². The molecule has 1 aromatic carbocycles. The third kappa shape index (κ3) is 2.50. The van der Waals surface area contributed by atoms with Crippen LogP contribution in [0.5, 0.6) is 0 Å². The van der Waals surface area contributed by atoms with E-state index in [9.17, 15) is 12.8 Å². The molecule has 0 spiro atoms. The van der Waals surface area contributed by atoms with E-state index in [2.05, 4.69) is 14.3 Å². The average molecular weight is 274 g/mol. The van der Waals surface area contributed by atoms with Crippen LogP contribution in [-0.2, 0) is 10.0 Å². The molecule has 90 valence electrons. The molecule has 0 fully saturated rings. The molecule has 0 aliphatic carbocycles. The first-order chi connectivity index (χ1) is 7.99. The van der Waals surface area contributed by atoms with Crippen molar-refractivity contribution in [2.45, 2.75) is 4.90 Å². The SMILES string of the molecule is Nc1cc(S(=O)(=O)Nc2cnns2)ccc1F. The van der Waals surface area contributed by atoms with Crippen molar-refractivity contribution in [3.05, 3.63) is 30.2 Å². The molecule has 2 rings (SSSR count). The quantitative estimate of drug-likeness (QED) is 0.815. The molecule has 3 N–H and O–H groups in total.